The Balaban J connectivity index is 0.000000505. The van der Waals surface area contributed by atoms with E-state index >= 15 is 0 Å². The van der Waals surface area contributed by atoms with Crippen LogP contribution in [-0.2, 0) is 31.3 Å². The van der Waals surface area contributed by atoms with Crippen LogP contribution in [0.4, 0.5) is 11.4 Å². The van der Waals surface area contributed by atoms with E-state index in [0.717, 1.165) is 44.1 Å². The van der Waals surface area contributed by atoms with Crippen LogP contribution in [0.1, 0.15) is 198 Å². The molecule has 0 saturated carbocycles. The fourth-order valence-electron chi connectivity index (χ4n) is 6.75. The number of sulfonamides is 2. The molecule has 1 atom stereocenters. The molecular formula is C51H84N2O5S2. The number of rotatable bonds is 30. The zero-order valence-corrected chi connectivity index (χ0v) is 40.5. The lowest BCUT2D eigenvalue weighted by Gasteiger charge is -2.11. The van der Waals surface area contributed by atoms with E-state index in [1.54, 1.807) is 31.2 Å². The van der Waals surface area contributed by atoms with Gasteiger partial charge in [-0.1, -0.05) is 203 Å². The molecule has 0 aliphatic rings. The van der Waals surface area contributed by atoms with Gasteiger partial charge in [0.25, 0.3) is 0 Å². The first kappa shape index (κ1) is 54.8. The molecule has 0 amide bonds. The van der Waals surface area contributed by atoms with Crippen LogP contribution < -0.4 is 9.44 Å². The van der Waals surface area contributed by atoms with Gasteiger partial charge in [-0.25, -0.2) is 16.8 Å². The average Bonchev–Trinajstić information content (AvgIpc) is 3.21. The van der Waals surface area contributed by atoms with Crippen LogP contribution in [0, 0.1) is 13.8 Å². The van der Waals surface area contributed by atoms with Crippen molar-refractivity contribution < 1.29 is 21.6 Å². The van der Waals surface area contributed by atoms with E-state index in [-0.39, 0.29) is 17.3 Å². The standard InChI is InChI=1S/C22H39NO2S.C21H35NO3S.C8H10/c1-4-6-7-8-9-10-11-12-13-14-19-26(24,25)23-22-17-15-21(16-18-22)20(3)5-2;1-3-4-5-6-7-8-9-10-11-12-17-26(24,25)22-21-15-13-20(14-16-21)18-19(2)23;1-7-3-5-8(2)6-4-7/h15-18,20,23H,4-14,19H2,1-3H3;13-16,22H,3-12,17-18H2,1-2H3;3-6H,1-2H3. The molecule has 0 spiro atoms. The highest BCUT2D eigenvalue weighted by Crippen LogP contribution is 2.21. The van der Waals surface area contributed by atoms with Gasteiger partial charge in [-0.15, -0.1) is 0 Å². The second-order valence-corrected chi connectivity index (χ2v) is 20.6. The van der Waals surface area contributed by atoms with Gasteiger partial charge in [0.05, 0.1) is 11.5 Å². The maximum absolute atomic E-state index is 12.2. The van der Waals surface area contributed by atoms with E-state index in [2.05, 4.69) is 75.3 Å². The summed E-state index contributed by atoms with van der Waals surface area (Å²) in [7, 11) is -6.53. The molecule has 60 heavy (non-hydrogen) atoms. The Labute approximate surface area is 368 Å². The minimum atomic E-state index is -3.30. The Morgan fingerprint density at radius 1 is 0.483 bits per heavy atom. The maximum Gasteiger partial charge on any atom is 0.232 e. The zero-order valence-electron chi connectivity index (χ0n) is 38.8. The van der Waals surface area contributed by atoms with Crippen molar-refractivity contribution in [3.05, 3.63) is 95.1 Å². The lowest BCUT2D eigenvalue weighted by molar-refractivity contribution is -0.116. The minimum Gasteiger partial charge on any atom is -0.300 e. The summed E-state index contributed by atoms with van der Waals surface area (Å²) in [4.78, 5) is 11.1. The highest BCUT2D eigenvalue weighted by Gasteiger charge is 2.12. The zero-order chi connectivity index (χ0) is 44.5. The molecule has 9 heteroatoms. The number of anilines is 2. The summed E-state index contributed by atoms with van der Waals surface area (Å²) in [6.07, 6.45) is 25.4. The van der Waals surface area contributed by atoms with Gasteiger partial charge in [-0.2, -0.15) is 0 Å². The van der Waals surface area contributed by atoms with Gasteiger partial charge in [0, 0.05) is 17.8 Å². The summed E-state index contributed by atoms with van der Waals surface area (Å²) in [5.74, 6) is 0.988. The van der Waals surface area contributed by atoms with Crippen molar-refractivity contribution in [2.75, 3.05) is 20.9 Å². The summed E-state index contributed by atoms with van der Waals surface area (Å²) in [6, 6.07) is 23.3. The number of benzene rings is 3. The molecule has 0 fully saturated rings. The fraction of sp³-hybridized carbons (Fsp3) is 0.627. The minimum absolute atomic E-state index is 0.0966. The predicted octanol–water partition coefficient (Wildman–Crippen LogP) is 14.6. The number of Topliss-reactive ketones (excluding diaryl/α,β-unsaturated/α-hetero) is 1. The first-order chi connectivity index (χ1) is 28.7. The third kappa shape index (κ3) is 30.0. The molecule has 1 unspecified atom stereocenters. The van der Waals surface area contributed by atoms with E-state index in [9.17, 15) is 21.6 Å². The topological polar surface area (TPSA) is 109 Å². The van der Waals surface area contributed by atoms with E-state index in [4.69, 9.17) is 0 Å². The summed E-state index contributed by atoms with van der Waals surface area (Å²) >= 11 is 0. The van der Waals surface area contributed by atoms with Gasteiger partial charge in [0.1, 0.15) is 5.78 Å². The van der Waals surface area contributed by atoms with Crippen molar-refractivity contribution in [2.45, 2.75) is 196 Å². The molecule has 0 aliphatic heterocycles. The molecule has 0 radical (unpaired) electrons. The normalized spacial score (nSPS) is 11.8. The number of nitrogens with one attached hydrogen (secondary N) is 2. The molecule has 3 aromatic rings. The molecule has 340 valence electrons. The molecule has 0 bridgehead atoms. The first-order valence-corrected chi connectivity index (χ1v) is 26.7. The summed E-state index contributed by atoms with van der Waals surface area (Å²) in [6.45, 7) is 14.6. The second kappa shape index (κ2) is 33.5. The van der Waals surface area contributed by atoms with Crippen molar-refractivity contribution in [1.82, 2.24) is 0 Å². The van der Waals surface area contributed by atoms with Crippen LogP contribution >= 0.6 is 0 Å². The lowest BCUT2D eigenvalue weighted by atomic mass is 9.99. The molecule has 0 aliphatic carbocycles. The quantitative estimate of drug-likeness (QED) is 0.0649. The van der Waals surface area contributed by atoms with Crippen LogP contribution in [0.15, 0.2) is 72.8 Å². The number of hydrogen-bond acceptors (Lipinski definition) is 5. The van der Waals surface area contributed by atoms with Gasteiger partial charge in [-0.05, 0) is 81.3 Å². The number of carbonyl (C=O) groups is 1. The second-order valence-electron chi connectivity index (χ2n) is 16.9. The third-order valence-electron chi connectivity index (χ3n) is 10.8. The van der Waals surface area contributed by atoms with E-state index in [0.29, 0.717) is 30.1 Å². The molecule has 0 saturated heterocycles. The lowest BCUT2D eigenvalue weighted by Crippen LogP contribution is -2.16. The Bertz CT molecular complexity index is 1700. The van der Waals surface area contributed by atoms with Crippen molar-refractivity contribution in [3.8, 4) is 0 Å². The van der Waals surface area contributed by atoms with Crippen LogP contribution in [0.3, 0.4) is 0 Å². The monoisotopic (exact) mass is 869 g/mol. The molecule has 7 nitrogen and oxygen atoms in total. The fourth-order valence-corrected chi connectivity index (χ4v) is 9.11. The Morgan fingerprint density at radius 2 is 0.800 bits per heavy atom. The summed E-state index contributed by atoms with van der Waals surface area (Å²) in [5.41, 5.74) is 6.04. The number of hydrogen-bond donors (Lipinski definition) is 2. The number of aryl methyl sites for hydroxylation is 2. The Kier molecular flexibility index (Phi) is 30.6. The Hall–Kier alpha value is -3.17. The molecule has 2 N–H and O–H groups in total. The number of carbonyl (C=O) groups excluding carboxylic acids is 1. The van der Waals surface area contributed by atoms with E-state index < -0.39 is 20.0 Å². The molecule has 0 aromatic heterocycles. The van der Waals surface area contributed by atoms with Crippen LogP contribution in [-0.4, -0.2) is 34.1 Å². The van der Waals surface area contributed by atoms with Gasteiger partial charge < -0.3 is 0 Å². The Morgan fingerprint density at radius 3 is 1.12 bits per heavy atom. The van der Waals surface area contributed by atoms with E-state index in [1.807, 2.05) is 24.3 Å². The van der Waals surface area contributed by atoms with Crippen molar-refractivity contribution in [1.29, 1.82) is 0 Å². The number of ketones is 1. The molecular weight excluding hydrogens is 785 g/mol. The van der Waals surface area contributed by atoms with Crippen LogP contribution in [0.25, 0.3) is 0 Å². The largest absolute Gasteiger partial charge is 0.300 e. The van der Waals surface area contributed by atoms with Crippen molar-refractivity contribution >= 4 is 37.2 Å². The average molecular weight is 869 g/mol. The first-order valence-electron chi connectivity index (χ1n) is 23.4. The third-order valence-corrected chi connectivity index (χ3v) is 13.5. The highest BCUT2D eigenvalue weighted by molar-refractivity contribution is 7.92. The van der Waals surface area contributed by atoms with Crippen LogP contribution in [0.2, 0.25) is 0 Å². The summed E-state index contributed by atoms with van der Waals surface area (Å²) in [5, 5.41) is 0. The maximum atomic E-state index is 12.2. The smallest absolute Gasteiger partial charge is 0.232 e. The predicted molar refractivity (Wildman–Crippen MR) is 260 cm³/mol. The van der Waals surface area contributed by atoms with Crippen LogP contribution in [0.5, 0.6) is 0 Å². The summed E-state index contributed by atoms with van der Waals surface area (Å²) < 4.78 is 54.0. The van der Waals surface area contributed by atoms with Gasteiger partial charge in [0.2, 0.25) is 20.0 Å². The van der Waals surface area contributed by atoms with Crippen molar-refractivity contribution in [3.63, 3.8) is 0 Å². The van der Waals surface area contributed by atoms with Crippen molar-refractivity contribution in [2.24, 2.45) is 0 Å². The SMILES string of the molecule is CCCCCCCCCCCCS(=O)(=O)Nc1ccc(C(C)CC)cc1.CCCCCCCCCCCCS(=O)(=O)Nc1ccc(CC(C)=O)cc1.Cc1ccc(C)cc1. The van der Waals surface area contributed by atoms with Gasteiger partial charge >= 0.3 is 0 Å². The molecule has 3 rings (SSSR count). The van der Waals surface area contributed by atoms with E-state index in [1.165, 1.54) is 107 Å². The van der Waals surface area contributed by atoms with Gasteiger partial charge in [0.15, 0.2) is 0 Å². The number of unbranched alkanes of at least 4 members (excludes halogenated alkanes) is 18. The van der Waals surface area contributed by atoms with Gasteiger partial charge in [-0.3, -0.25) is 14.2 Å². The molecule has 0 heterocycles. The molecule has 3 aromatic carbocycles. The highest BCUT2D eigenvalue weighted by atomic mass is 32.2.